The van der Waals surface area contributed by atoms with Gasteiger partial charge in [0.15, 0.2) is 11.6 Å². The minimum absolute atomic E-state index is 0.0249. The Morgan fingerprint density at radius 1 is 1.00 bits per heavy atom. The van der Waals surface area contributed by atoms with Crippen molar-refractivity contribution >= 4 is 27.6 Å². The van der Waals surface area contributed by atoms with Gasteiger partial charge in [-0.3, -0.25) is 9.59 Å². The van der Waals surface area contributed by atoms with E-state index in [1.165, 1.54) is 18.0 Å². The fourth-order valence-electron chi connectivity index (χ4n) is 4.83. The number of carbonyl (C=O) groups excluding carboxylic acids is 1. The molecular weight excluding hydrogens is 457 g/mol. The molecule has 2 N–H and O–H groups in total. The van der Waals surface area contributed by atoms with Crippen LogP contribution in [0.15, 0.2) is 35.1 Å². The molecular formula is C24H18F5N3O2. The summed E-state index contributed by atoms with van der Waals surface area (Å²) in [6.45, 7) is 0. The van der Waals surface area contributed by atoms with Gasteiger partial charge < -0.3 is 14.9 Å². The number of hydrogen-bond acceptors (Lipinski definition) is 2. The summed E-state index contributed by atoms with van der Waals surface area (Å²) < 4.78 is 68.5. The highest BCUT2D eigenvalue weighted by atomic mass is 19.3. The Labute approximate surface area is 189 Å². The number of benzene rings is 2. The third-order valence-electron chi connectivity index (χ3n) is 6.41. The van der Waals surface area contributed by atoms with Crippen LogP contribution in [-0.2, 0) is 6.42 Å². The number of H-pyrrole nitrogens is 2. The average molecular weight is 475 g/mol. The number of rotatable bonds is 3. The van der Waals surface area contributed by atoms with Crippen LogP contribution < -0.4 is 5.56 Å². The Kier molecular flexibility index (Phi) is 5.18. The molecule has 0 saturated carbocycles. The third kappa shape index (κ3) is 3.44. The van der Waals surface area contributed by atoms with Crippen LogP contribution in [0.2, 0.25) is 0 Å². The lowest BCUT2D eigenvalue weighted by molar-refractivity contribution is 0.0710. The zero-order valence-electron chi connectivity index (χ0n) is 17.8. The Balaban J connectivity index is 1.61. The fourth-order valence-corrected chi connectivity index (χ4v) is 4.83. The van der Waals surface area contributed by atoms with E-state index in [1.807, 2.05) is 0 Å². The highest BCUT2D eigenvalue weighted by Gasteiger charge is 2.31. The summed E-state index contributed by atoms with van der Waals surface area (Å²) >= 11 is 0. The van der Waals surface area contributed by atoms with E-state index in [4.69, 9.17) is 0 Å². The molecule has 1 atom stereocenters. The molecule has 2 aromatic heterocycles. The number of hydrogen-bond donors (Lipinski definition) is 2. The quantitative estimate of drug-likeness (QED) is 0.384. The minimum Gasteiger partial charge on any atom is -0.350 e. The van der Waals surface area contributed by atoms with E-state index < -0.39 is 46.9 Å². The zero-order chi connectivity index (χ0) is 24.3. The first-order valence-corrected chi connectivity index (χ1v) is 10.6. The van der Waals surface area contributed by atoms with Crippen molar-refractivity contribution in [3.63, 3.8) is 0 Å². The number of carbonyl (C=O) groups is 1. The first-order chi connectivity index (χ1) is 16.2. The first-order valence-electron chi connectivity index (χ1n) is 10.6. The third-order valence-corrected chi connectivity index (χ3v) is 6.41. The number of aromatic nitrogens is 2. The second-order valence-electron chi connectivity index (χ2n) is 8.42. The number of aromatic amines is 2. The lowest BCUT2D eigenvalue weighted by Crippen LogP contribution is -2.34. The van der Waals surface area contributed by atoms with Gasteiger partial charge in [0.25, 0.3) is 17.9 Å². The molecule has 0 spiro atoms. The number of halogens is 5. The van der Waals surface area contributed by atoms with E-state index in [2.05, 4.69) is 9.97 Å². The molecule has 0 radical (unpaired) electrons. The van der Waals surface area contributed by atoms with Crippen LogP contribution in [0.25, 0.3) is 21.7 Å². The smallest absolute Gasteiger partial charge is 0.270 e. The molecule has 4 aromatic rings. The van der Waals surface area contributed by atoms with Gasteiger partial charge >= 0.3 is 0 Å². The van der Waals surface area contributed by atoms with Crippen molar-refractivity contribution in [1.29, 1.82) is 0 Å². The maximum atomic E-state index is 14.1. The molecule has 34 heavy (non-hydrogen) atoms. The van der Waals surface area contributed by atoms with Crippen LogP contribution in [0.4, 0.5) is 22.0 Å². The number of nitrogens with zero attached hydrogens (tertiary/aromatic N) is 1. The fraction of sp³-hybridized carbons (Fsp3) is 0.250. The van der Waals surface area contributed by atoms with Crippen molar-refractivity contribution in [2.45, 2.75) is 31.7 Å². The molecule has 1 aliphatic carbocycles. The van der Waals surface area contributed by atoms with Gasteiger partial charge in [-0.25, -0.2) is 22.0 Å². The normalized spacial score (nSPS) is 15.8. The van der Waals surface area contributed by atoms with E-state index in [0.717, 1.165) is 24.3 Å². The summed E-state index contributed by atoms with van der Waals surface area (Å²) in [4.78, 5) is 32.5. The number of amides is 1. The van der Waals surface area contributed by atoms with Gasteiger partial charge in [-0.15, -0.1) is 0 Å². The molecule has 1 amide bonds. The van der Waals surface area contributed by atoms with Crippen LogP contribution in [0.3, 0.4) is 0 Å². The van der Waals surface area contributed by atoms with Crippen LogP contribution >= 0.6 is 0 Å². The summed E-state index contributed by atoms with van der Waals surface area (Å²) in [5, 5.41) is 0.207. The molecule has 0 fully saturated rings. The Morgan fingerprint density at radius 3 is 2.41 bits per heavy atom. The molecule has 2 aromatic carbocycles. The predicted octanol–water partition coefficient (Wildman–Crippen LogP) is 5.51. The van der Waals surface area contributed by atoms with Crippen molar-refractivity contribution in [3.8, 4) is 0 Å². The molecule has 0 bridgehead atoms. The van der Waals surface area contributed by atoms with E-state index >= 15 is 0 Å². The number of nitrogens with one attached hydrogen (secondary N) is 2. The Morgan fingerprint density at radius 2 is 1.71 bits per heavy atom. The Bertz CT molecular complexity index is 1530. The van der Waals surface area contributed by atoms with Gasteiger partial charge in [0.2, 0.25) is 0 Å². The summed E-state index contributed by atoms with van der Waals surface area (Å²) in [7, 11) is 1.50. The molecule has 1 aliphatic rings. The van der Waals surface area contributed by atoms with Crippen molar-refractivity contribution in [3.05, 3.63) is 80.7 Å². The van der Waals surface area contributed by atoms with Gasteiger partial charge in [0, 0.05) is 34.8 Å². The summed E-state index contributed by atoms with van der Waals surface area (Å²) in [5.41, 5.74) is -0.0212. The highest BCUT2D eigenvalue weighted by molar-refractivity contribution is 5.99. The van der Waals surface area contributed by atoms with E-state index in [1.54, 1.807) is 0 Å². The molecule has 10 heteroatoms. The highest BCUT2D eigenvalue weighted by Crippen LogP contribution is 2.38. The maximum Gasteiger partial charge on any atom is 0.270 e. The maximum absolute atomic E-state index is 14.1. The van der Waals surface area contributed by atoms with Crippen molar-refractivity contribution in [1.82, 2.24) is 14.9 Å². The molecule has 0 saturated heterocycles. The summed E-state index contributed by atoms with van der Waals surface area (Å²) in [6, 6.07) is 4.19. The van der Waals surface area contributed by atoms with Crippen LogP contribution in [0, 0.1) is 17.5 Å². The SMILES string of the molecule is CN(C(=O)c1cc2c(C(F)F)cc(F)cc2[nH]1)[C@H]1CCCc2[nH]c(=O)c3cc(F)c(F)cc3c21. The topological polar surface area (TPSA) is 69.0 Å². The van der Waals surface area contributed by atoms with E-state index in [0.29, 0.717) is 30.5 Å². The number of aryl methyl sites for hydroxylation is 1. The molecule has 0 unspecified atom stereocenters. The lowest BCUT2D eigenvalue weighted by atomic mass is 9.86. The van der Waals surface area contributed by atoms with Crippen LogP contribution in [-0.4, -0.2) is 27.8 Å². The second-order valence-corrected chi connectivity index (χ2v) is 8.42. The average Bonchev–Trinajstić information content (AvgIpc) is 3.22. The van der Waals surface area contributed by atoms with Crippen LogP contribution in [0.1, 0.15) is 52.6 Å². The van der Waals surface area contributed by atoms with Crippen molar-refractivity contribution in [2.75, 3.05) is 7.05 Å². The van der Waals surface area contributed by atoms with Gasteiger partial charge in [0.05, 0.1) is 11.4 Å². The molecule has 5 nitrogen and oxygen atoms in total. The second kappa shape index (κ2) is 7.96. The minimum atomic E-state index is -2.93. The summed E-state index contributed by atoms with van der Waals surface area (Å²) in [6.07, 6.45) is -1.35. The van der Waals surface area contributed by atoms with Crippen molar-refractivity contribution in [2.24, 2.45) is 0 Å². The first kappa shape index (κ1) is 22.1. The van der Waals surface area contributed by atoms with Crippen molar-refractivity contribution < 1.29 is 26.7 Å². The lowest BCUT2D eigenvalue weighted by Gasteiger charge is -2.33. The number of alkyl halides is 2. The van der Waals surface area contributed by atoms with Gasteiger partial charge in [-0.2, -0.15) is 0 Å². The van der Waals surface area contributed by atoms with E-state index in [9.17, 15) is 31.5 Å². The van der Waals surface area contributed by atoms with Gasteiger partial charge in [-0.1, -0.05) is 0 Å². The zero-order valence-corrected chi connectivity index (χ0v) is 17.8. The number of pyridine rings is 1. The predicted molar refractivity (Wildman–Crippen MR) is 115 cm³/mol. The van der Waals surface area contributed by atoms with Gasteiger partial charge in [0.1, 0.15) is 11.5 Å². The van der Waals surface area contributed by atoms with E-state index in [-0.39, 0.29) is 27.4 Å². The Hall–Kier alpha value is -3.69. The molecule has 0 aliphatic heterocycles. The van der Waals surface area contributed by atoms with Crippen LogP contribution in [0.5, 0.6) is 0 Å². The summed E-state index contributed by atoms with van der Waals surface area (Å²) in [5.74, 6) is -3.69. The standard InChI is InChI=1S/C24H18F5N3O2/c1-32(24(34)19-9-11-13(22(28)29)5-10(25)6-18(11)30-19)20-4-2-3-17-21(20)12-7-15(26)16(27)8-14(12)23(33)31-17/h5-9,20,22,30H,2-4H2,1H3,(H,31,33)/t20-/m0/s1. The monoisotopic (exact) mass is 475 g/mol. The van der Waals surface area contributed by atoms with Gasteiger partial charge in [-0.05, 0) is 55.0 Å². The molecule has 2 heterocycles. The molecule has 5 rings (SSSR count). The largest absolute Gasteiger partial charge is 0.350 e. The number of fused-ring (bicyclic) bond motifs is 4. The molecule has 176 valence electrons.